The molecular formula is C21H30N2O2. The van der Waals surface area contributed by atoms with E-state index >= 15 is 0 Å². The average Bonchev–Trinajstić information content (AvgIpc) is 3.02. The summed E-state index contributed by atoms with van der Waals surface area (Å²) in [7, 11) is 0. The van der Waals surface area contributed by atoms with E-state index in [4.69, 9.17) is 0 Å². The normalized spacial score (nSPS) is 23.5. The van der Waals surface area contributed by atoms with E-state index in [1.165, 1.54) is 5.56 Å². The standard InChI is InChI=1S/C21H30N2O2/c1-17(2)20(25)22-14-6-12-21(16-22)13-7-15-23(21)19(24)11-10-18-8-4-3-5-9-18/h3-5,8-9,17H,6-7,10-16H2,1-2H3/t21-/m1/s1. The summed E-state index contributed by atoms with van der Waals surface area (Å²) in [5.41, 5.74) is 1.10. The fourth-order valence-corrected chi connectivity index (χ4v) is 4.45. The lowest BCUT2D eigenvalue weighted by Gasteiger charge is -2.46. The Morgan fingerprint density at radius 3 is 2.44 bits per heavy atom. The van der Waals surface area contributed by atoms with Gasteiger partial charge in [-0.15, -0.1) is 0 Å². The number of rotatable bonds is 4. The summed E-state index contributed by atoms with van der Waals surface area (Å²) < 4.78 is 0. The van der Waals surface area contributed by atoms with E-state index in [9.17, 15) is 9.59 Å². The molecule has 1 atom stereocenters. The minimum absolute atomic E-state index is 0.0267. The third-order valence-corrected chi connectivity index (χ3v) is 5.73. The molecule has 1 aromatic carbocycles. The molecule has 0 unspecified atom stereocenters. The first-order valence-electron chi connectivity index (χ1n) is 9.65. The average molecular weight is 342 g/mol. The van der Waals surface area contributed by atoms with E-state index in [2.05, 4.69) is 17.0 Å². The lowest BCUT2D eigenvalue weighted by atomic mass is 9.85. The van der Waals surface area contributed by atoms with Gasteiger partial charge in [0.15, 0.2) is 0 Å². The van der Waals surface area contributed by atoms with Crippen LogP contribution in [0.1, 0.15) is 51.5 Å². The molecule has 3 rings (SSSR count). The number of likely N-dealkylation sites (tertiary alicyclic amines) is 2. The number of amides is 2. The monoisotopic (exact) mass is 342 g/mol. The highest BCUT2D eigenvalue weighted by atomic mass is 16.2. The Kier molecular flexibility index (Phi) is 5.45. The Labute approximate surface area is 151 Å². The third-order valence-electron chi connectivity index (χ3n) is 5.73. The third kappa shape index (κ3) is 3.88. The van der Waals surface area contributed by atoms with Crippen LogP contribution in [0.2, 0.25) is 0 Å². The van der Waals surface area contributed by atoms with Gasteiger partial charge < -0.3 is 9.80 Å². The van der Waals surface area contributed by atoms with Gasteiger partial charge in [-0.25, -0.2) is 0 Å². The predicted molar refractivity (Wildman–Crippen MR) is 99.1 cm³/mol. The number of hydrogen-bond donors (Lipinski definition) is 0. The molecule has 0 bridgehead atoms. The number of hydrogen-bond acceptors (Lipinski definition) is 2. The summed E-state index contributed by atoms with van der Waals surface area (Å²) in [6.45, 7) is 6.32. The Morgan fingerprint density at radius 1 is 1.08 bits per heavy atom. The SMILES string of the molecule is CC(C)C(=O)N1CCC[C@@]2(CCCN2C(=O)CCc2ccccc2)C1. The molecule has 4 nitrogen and oxygen atoms in total. The van der Waals surface area contributed by atoms with E-state index < -0.39 is 0 Å². The van der Waals surface area contributed by atoms with Crippen LogP contribution < -0.4 is 0 Å². The van der Waals surface area contributed by atoms with Crippen LogP contribution in [0.5, 0.6) is 0 Å². The van der Waals surface area contributed by atoms with Crippen molar-refractivity contribution in [1.82, 2.24) is 9.80 Å². The highest BCUT2D eigenvalue weighted by Crippen LogP contribution is 2.38. The lowest BCUT2D eigenvalue weighted by Crippen LogP contribution is -2.58. The summed E-state index contributed by atoms with van der Waals surface area (Å²) in [5.74, 6) is 0.502. The molecule has 2 fully saturated rings. The van der Waals surface area contributed by atoms with Gasteiger partial charge in [-0.05, 0) is 37.7 Å². The van der Waals surface area contributed by atoms with Crippen LogP contribution in [0.25, 0.3) is 0 Å². The second-order valence-corrected chi connectivity index (χ2v) is 7.88. The van der Waals surface area contributed by atoms with Crippen molar-refractivity contribution in [2.45, 2.75) is 57.9 Å². The molecule has 25 heavy (non-hydrogen) atoms. The van der Waals surface area contributed by atoms with Gasteiger partial charge in [0.2, 0.25) is 11.8 Å². The van der Waals surface area contributed by atoms with Gasteiger partial charge in [0.1, 0.15) is 0 Å². The summed E-state index contributed by atoms with van der Waals surface area (Å²) in [4.78, 5) is 29.5. The number of carbonyl (C=O) groups excluding carboxylic acids is 2. The summed E-state index contributed by atoms with van der Waals surface area (Å²) in [5, 5.41) is 0. The molecular weight excluding hydrogens is 312 g/mol. The summed E-state index contributed by atoms with van der Waals surface area (Å²) >= 11 is 0. The van der Waals surface area contributed by atoms with Crippen LogP contribution in [0.4, 0.5) is 0 Å². The minimum atomic E-state index is -0.115. The highest BCUT2D eigenvalue weighted by molar-refractivity contribution is 5.80. The number of nitrogens with zero attached hydrogens (tertiary/aromatic N) is 2. The fraction of sp³-hybridized carbons (Fsp3) is 0.619. The molecule has 2 saturated heterocycles. The van der Waals surface area contributed by atoms with Gasteiger partial charge in [0, 0.05) is 32.0 Å². The van der Waals surface area contributed by atoms with Gasteiger partial charge in [0.25, 0.3) is 0 Å². The zero-order valence-corrected chi connectivity index (χ0v) is 15.5. The number of aryl methyl sites for hydroxylation is 1. The van der Waals surface area contributed by atoms with Crippen LogP contribution in [0.3, 0.4) is 0 Å². The lowest BCUT2D eigenvalue weighted by molar-refractivity contribution is -0.144. The zero-order valence-electron chi connectivity index (χ0n) is 15.5. The molecule has 2 aliphatic heterocycles. The van der Waals surface area contributed by atoms with Crippen molar-refractivity contribution in [3.63, 3.8) is 0 Å². The van der Waals surface area contributed by atoms with E-state index in [0.29, 0.717) is 6.42 Å². The van der Waals surface area contributed by atoms with Gasteiger partial charge in [-0.1, -0.05) is 44.2 Å². The van der Waals surface area contributed by atoms with Crippen molar-refractivity contribution >= 4 is 11.8 Å². The quantitative estimate of drug-likeness (QED) is 0.843. The van der Waals surface area contributed by atoms with E-state index in [-0.39, 0.29) is 23.3 Å². The second kappa shape index (κ2) is 7.59. The number of benzene rings is 1. The van der Waals surface area contributed by atoms with Crippen LogP contribution in [-0.2, 0) is 16.0 Å². The Morgan fingerprint density at radius 2 is 1.76 bits per heavy atom. The largest absolute Gasteiger partial charge is 0.340 e. The summed E-state index contributed by atoms with van der Waals surface area (Å²) in [6, 6.07) is 10.2. The van der Waals surface area contributed by atoms with E-state index in [1.807, 2.05) is 36.9 Å². The molecule has 2 heterocycles. The Balaban J connectivity index is 1.66. The van der Waals surface area contributed by atoms with Gasteiger partial charge in [0.05, 0.1) is 5.54 Å². The minimum Gasteiger partial charge on any atom is -0.340 e. The predicted octanol–water partition coefficient (Wildman–Crippen LogP) is 3.26. The Bertz CT molecular complexity index is 614. The molecule has 4 heteroatoms. The van der Waals surface area contributed by atoms with Gasteiger partial charge in [-0.3, -0.25) is 9.59 Å². The second-order valence-electron chi connectivity index (χ2n) is 7.88. The van der Waals surface area contributed by atoms with Crippen molar-refractivity contribution < 1.29 is 9.59 Å². The van der Waals surface area contributed by atoms with Crippen molar-refractivity contribution in [3.8, 4) is 0 Å². The first-order chi connectivity index (χ1) is 12.0. The van der Waals surface area contributed by atoms with Crippen LogP contribution in [0, 0.1) is 5.92 Å². The van der Waals surface area contributed by atoms with Crippen molar-refractivity contribution in [2.75, 3.05) is 19.6 Å². The van der Waals surface area contributed by atoms with Gasteiger partial charge in [-0.2, -0.15) is 0 Å². The molecule has 2 amide bonds. The van der Waals surface area contributed by atoms with Crippen molar-refractivity contribution in [1.29, 1.82) is 0 Å². The highest BCUT2D eigenvalue weighted by Gasteiger charge is 2.46. The van der Waals surface area contributed by atoms with E-state index in [0.717, 1.165) is 51.7 Å². The van der Waals surface area contributed by atoms with Crippen LogP contribution >= 0.6 is 0 Å². The Hall–Kier alpha value is -1.84. The zero-order chi connectivity index (χ0) is 17.9. The van der Waals surface area contributed by atoms with Crippen molar-refractivity contribution in [2.24, 2.45) is 5.92 Å². The van der Waals surface area contributed by atoms with Gasteiger partial charge >= 0.3 is 0 Å². The molecule has 0 aromatic heterocycles. The molecule has 2 aliphatic rings. The van der Waals surface area contributed by atoms with Crippen molar-refractivity contribution in [3.05, 3.63) is 35.9 Å². The first kappa shape index (κ1) is 18.0. The summed E-state index contributed by atoms with van der Waals surface area (Å²) in [6.07, 6.45) is 5.48. The number of carbonyl (C=O) groups is 2. The fourth-order valence-electron chi connectivity index (χ4n) is 4.45. The number of piperidine rings is 1. The van der Waals surface area contributed by atoms with Crippen LogP contribution in [0.15, 0.2) is 30.3 Å². The van der Waals surface area contributed by atoms with Crippen LogP contribution in [-0.4, -0.2) is 46.8 Å². The molecule has 1 aromatic rings. The maximum absolute atomic E-state index is 12.9. The molecule has 0 N–H and O–H groups in total. The first-order valence-corrected chi connectivity index (χ1v) is 9.65. The topological polar surface area (TPSA) is 40.6 Å². The molecule has 1 spiro atoms. The molecule has 136 valence electrons. The van der Waals surface area contributed by atoms with E-state index in [1.54, 1.807) is 0 Å². The molecule has 0 aliphatic carbocycles. The molecule has 0 radical (unpaired) electrons. The smallest absolute Gasteiger partial charge is 0.225 e. The molecule has 0 saturated carbocycles. The maximum Gasteiger partial charge on any atom is 0.225 e. The maximum atomic E-state index is 12.9.